The molecular formula is C9H17N3O3S. The fourth-order valence-corrected chi connectivity index (χ4v) is 1.93. The molecule has 0 saturated carbocycles. The first kappa shape index (κ1) is 13.1. The van der Waals surface area contributed by atoms with Gasteiger partial charge in [0.05, 0.1) is 0 Å². The molecule has 16 heavy (non-hydrogen) atoms. The van der Waals surface area contributed by atoms with Crippen molar-refractivity contribution in [3.8, 4) is 0 Å². The van der Waals surface area contributed by atoms with Gasteiger partial charge < -0.3 is 9.30 Å². The minimum absolute atomic E-state index is 0.0678. The van der Waals surface area contributed by atoms with Crippen LogP contribution in [0.15, 0.2) is 11.2 Å². The molecule has 0 aliphatic carbocycles. The zero-order chi connectivity index (χ0) is 12.2. The highest BCUT2D eigenvalue weighted by atomic mass is 32.2. The highest BCUT2D eigenvalue weighted by Gasteiger charge is 2.14. The van der Waals surface area contributed by atoms with Crippen molar-refractivity contribution in [3.63, 3.8) is 0 Å². The normalized spacial score (nSPS) is 11.9. The lowest BCUT2D eigenvalue weighted by Crippen LogP contribution is -2.12. The van der Waals surface area contributed by atoms with Gasteiger partial charge in [0.1, 0.15) is 5.82 Å². The number of imidazole rings is 1. The number of hydrogen-bond donors (Lipinski definition) is 1. The standard InChI is InChI=1S/C9H17N3O3S/c1-3-8-11-9(16(10,13)14)7-12(8)5-4-6-15-2/h7H,3-6H2,1-2H3,(H2,10,13,14). The number of primary sulfonamides is 1. The largest absolute Gasteiger partial charge is 0.385 e. The lowest BCUT2D eigenvalue weighted by atomic mass is 10.4. The highest BCUT2D eigenvalue weighted by molar-refractivity contribution is 7.89. The van der Waals surface area contributed by atoms with Gasteiger partial charge in [0.25, 0.3) is 10.0 Å². The van der Waals surface area contributed by atoms with Gasteiger partial charge in [-0.05, 0) is 6.42 Å². The number of aryl methyl sites for hydroxylation is 2. The van der Waals surface area contributed by atoms with Crippen LogP contribution in [-0.2, 0) is 27.7 Å². The van der Waals surface area contributed by atoms with E-state index in [0.717, 1.165) is 12.2 Å². The Morgan fingerprint density at radius 1 is 1.56 bits per heavy atom. The molecule has 1 aromatic rings. The molecule has 6 nitrogen and oxygen atoms in total. The van der Waals surface area contributed by atoms with Gasteiger partial charge in [-0.1, -0.05) is 6.92 Å². The number of aromatic nitrogens is 2. The molecule has 0 aromatic carbocycles. The molecule has 1 heterocycles. The van der Waals surface area contributed by atoms with Crippen molar-refractivity contribution >= 4 is 10.0 Å². The second-order valence-electron chi connectivity index (χ2n) is 3.43. The number of nitrogens with zero attached hydrogens (tertiary/aromatic N) is 2. The third kappa shape index (κ3) is 3.29. The van der Waals surface area contributed by atoms with Gasteiger partial charge >= 0.3 is 0 Å². The van der Waals surface area contributed by atoms with Gasteiger partial charge in [-0.2, -0.15) is 0 Å². The van der Waals surface area contributed by atoms with E-state index in [1.54, 1.807) is 11.7 Å². The number of ether oxygens (including phenoxy) is 1. The van der Waals surface area contributed by atoms with Crippen molar-refractivity contribution in [1.29, 1.82) is 0 Å². The van der Waals surface area contributed by atoms with Crippen molar-refractivity contribution in [3.05, 3.63) is 12.0 Å². The average Bonchev–Trinajstić information content (AvgIpc) is 2.61. The number of nitrogens with two attached hydrogens (primary N) is 1. The Morgan fingerprint density at radius 2 is 2.25 bits per heavy atom. The Bertz CT molecular complexity index is 439. The second kappa shape index (κ2) is 5.42. The molecule has 1 rings (SSSR count). The van der Waals surface area contributed by atoms with Crippen LogP contribution < -0.4 is 5.14 Å². The van der Waals surface area contributed by atoms with E-state index in [1.807, 2.05) is 6.92 Å². The van der Waals surface area contributed by atoms with E-state index in [-0.39, 0.29) is 5.03 Å². The van der Waals surface area contributed by atoms with Gasteiger partial charge in [0, 0.05) is 32.9 Å². The predicted molar refractivity (Wildman–Crippen MR) is 59.5 cm³/mol. The Kier molecular flexibility index (Phi) is 4.45. The van der Waals surface area contributed by atoms with E-state index in [2.05, 4.69) is 4.98 Å². The molecule has 7 heteroatoms. The zero-order valence-electron chi connectivity index (χ0n) is 9.51. The summed E-state index contributed by atoms with van der Waals surface area (Å²) in [7, 11) is -2.08. The first-order valence-electron chi connectivity index (χ1n) is 5.06. The topological polar surface area (TPSA) is 87.2 Å². The minimum Gasteiger partial charge on any atom is -0.385 e. The van der Waals surface area contributed by atoms with Crippen LogP contribution in [0.1, 0.15) is 19.2 Å². The third-order valence-electron chi connectivity index (χ3n) is 2.19. The smallest absolute Gasteiger partial charge is 0.257 e. The van der Waals surface area contributed by atoms with Crippen LogP contribution in [0.5, 0.6) is 0 Å². The van der Waals surface area contributed by atoms with Gasteiger partial charge in [-0.3, -0.25) is 0 Å². The third-order valence-corrected chi connectivity index (χ3v) is 2.97. The van der Waals surface area contributed by atoms with Crippen LogP contribution in [0.3, 0.4) is 0 Å². The molecule has 0 fully saturated rings. The molecule has 2 N–H and O–H groups in total. The van der Waals surface area contributed by atoms with Crippen LogP contribution in [0.25, 0.3) is 0 Å². The first-order valence-corrected chi connectivity index (χ1v) is 6.61. The van der Waals surface area contributed by atoms with Crippen LogP contribution in [0.2, 0.25) is 0 Å². The molecular weight excluding hydrogens is 230 g/mol. The number of hydrogen-bond acceptors (Lipinski definition) is 4. The van der Waals surface area contributed by atoms with Crippen molar-refractivity contribution in [1.82, 2.24) is 9.55 Å². The van der Waals surface area contributed by atoms with Gasteiger partial charge in [-0.25, -0.2) is 18.5 Å². The lowest BCUT2D eigenvalue weighted by Gasteiger charge is -2.04. The van der Waals surface area contributed by atoms with Crippen LogP contribution >= 0.6 is 0 Å². The molecule has 0 saturated heterocycles. The minimum atomic E-state index is -3.71. The summed E-state index contributed by atoms with van der Waals surface area (Å²) in [5, 5.41) is 4.95. The van der Waals surface area contributed by atoms with Crippen LogP contribution in [-0.4, -0.2) is 31.7 Å². The summed E-state index contributed by atoms with van der Waals surface area (Å²) in [4.78, 5) is 3.99. The monoisotopic (exact) mass is 247 g/mol. The number of methoxy groups -OCH3 is 1. The molecule has 92 valence electrons. The van der Waals surface area contributed by atoms with Gasteiger partial charge in [0.15, 0.2) is 5.03 Å². The predicted octanol–water partition coefficient (Wildman–Crippen LogP) is 0.129. The summed E-state index contributed by atoms with van der Waals surface area (Å²) < 4.78 is 29.0. The molecule has 0 bridgehead atoms. The van der Waals surface area contributed by atoms with E-state index in [1.165, 1.54) is 6.20 Å². The number of sulfonamides is 1. The maximum atomic E-state index is 11.1. The molecule has 0 spiro atoms. The molecule has 1 aromatic heterocycles. The SMILES string of the molecule is CCc1nc(S(N)(=O)=O)cn1CCCOC. The van der Waals surface area contributed by atoms with Crippen molar-refractivity contribution in [2.24, 2.45) is 5.14 Å². The summed E-state index contributed by atoms with van der Waals surface area (Å²) >= 11 is 0. The summed E-state index contributed by atoms with van der Waals surface area (Å²) in [6.07, 6.45) is 2.95. The van der Waals surface area contributed by atoms with Gasteiger partial charge in [-0.15, -0.1) is 0 Å². The maximum Gasteiger partial charge on any atom is 0.257 e. The Hall–Kier alpha value is -0.920. The molecule has 0 radical (unpaired) electrons. The molecule has 0 amide bonds. The Balaban J connectivity index is 2.87. The first-order chi connectivity index (χ1) is 7.49. The van der Waals surface area contributed by atoms with Crippen molar-refractivity contribution in [2.75, 3.05) is 13.7 Å². The molecule has 0 atom stereocenters. The Labute approximate surface area is 95.5 Å². The molecule has 0 aliphatic rings. The summed E-state index contributed by atoms with van der Waals surface area (Å²) in [6, 6.07) is 0. The lowest BCUT2D eigenvalue weighted by molar-refractivity contribution is 0.190. The average molecular weight is 247 g/mol. The fourth-order valence-electron chi connectivity index (χ4n) is 1.42. The summed E-state index contributed by atoms with van der Waals surface area (Å²) in [6.45, 7) is 3.23. The van der Waals surface area contributed by atoms with Crippen molar-refractivity contribution in [2.45, 2.75) is 31.3 Å². The summed E-state index contributed by atoms with van der Waals surface area (Å²) in [5.41, 5.74) is 0. The zero-order valence-corrected chi connectivity index (χ0v) is 10.3. The van der Waals surface area contributed by atoms with E-state index in [4.69, 9.17) is 9.88 Å². The second-order valence-corrected chi connectivity index (χ2v) is 4.94. The number of rotatable bonds is 6. The summed E-state index contributed by atoms with van der Waals surface area (Å²) in [5.74, 6) is 0.722. The van der Waals surface area contributed by atoms with E-state index in [0.29, 0.717) is 19.6 Å². The quantitative estimate of drug-likeness (QED) is 0.724. The van der Waals surface area contributed by atoms with E-state index >= 15 is 0 Å². The van der Waals surface area contributed by atoms with Gasteiger partial charge in [0.2, 0.25) is 0 Å². The van der Waals surface area contributed by atoms with Crippen LogP contribution in [0.4, 0.5) is 0 Å². The molecule has 0 unspecified atom stereocenters. The molecule has 0 aliphatic heterocycles. The van der Waals surface area contributed by atoms with Crippen molar-refractivity contribution < 1.29 is 13.2 Å². The van der Waals surface area contributed by atoms with E-state index < -0.39 is 10.0 Å². The Morgan fingerprint density at radius 3 is 2.75 bits per heavy atom. The maximum absolute atomic E-state index is 11.1. The highest BCUT2D eigenvalue weighted by Crippen LogP contribution is 2.09. The van der Waals surface area contributed by atoms with Crippen LogP contribution in [0, 0.1) is 0 Å². The fraction of sp³-hybridized carbons (Fsp3) is 0.667. The van der Waals surface area contributed by atoms with E-state index in [9.17, 15) is 8.42 Å².